The first-order chi connectivity index (χ1) is 10.8. The Hall–Kier alpha value is -2.20. The average Bonchev–Trinajstić information content (AvgIpc) is 3.25. The lowest BCUT2D eigenvalue weighted by molar-refractivity contribution is 0.142. The van der Waals surface area contributed by atoms with Gasteiger partial charge < -0.3 is 13.6 Å². The molecular formula is C12H18N6O4. The Balaban J connectivity index is 1.78. The Morgan fingerprint density at radius 2 is 1.82 bits per heavy atom. The second-order valence-electron chi connectivity index (χ2n) is 4.69. The van der Waals surface area contributed by atoms with Gasteiger partial charge in [0.25, 0.3) is 0 Å². The van der Waals surface area contributed by atoms with E-state index in [1.54, 1.807) is 12.2 Å². The molecule has 3 rings (SSSR count). The fourth-order valence-electron chi connectivity index (χ4n) is 2.19. The first-order valence-electron chi connectivity index (χ1n) is 7.09. The van der Waals surface area contributed by atoms with Crippen molar-refractivity contribution in [3.8, 4) is 0 Å². The van der Waals surface area contributed by atoms with E-state index in [2.05, 4.69) is 20.4 Å². The minimum atomic E-state index is -0.166. The zero-order chi connectivity index (χ0) is 15.5. The quantitative estimate of drug-likeness (QED) is 0.770. The summed E-state index contributed by atoms with van der Waals surface area (Å²) in [6, 6.07) is 0.694. The van der Waals surface area contributed by atoms with Crippen LogP contribution in [-0.2, 0) is 22.6 Å². The summed E-state index contributed by atoms with van der Waals surface area (Å²) in [5, 5.41) is 17.5. The van der Waals surface area contributed by atoms with Crippen molar-refractivity contribution in [3.63, 3.8) is 0 Å². The van der Waals surface area contributed by atoms with Crippen molar-refractivity contribution >= 4 is 12.0 Å². The van der Waals surface area contributed by atoms with Crippen LogP contribution < -0.4 is 9.96 Å². The largest absolute Gasteiger partial charge is 0.406 e. The van der Waals surface area contributed by atoms with Crippen molar-refractivity contribution in [2.75, 3.05) is 23.8 Å². The van der Waals surface area contributed by atoms with Gasteiger partial charge in [0.1, 0.15) is 12.8 Å². The molecule has 1 unspecified atom stereocenters. The first kappa shape index (κ1) is 14.7. The van der Waals surface area contributed by atoms with E-state index in [1.165, 1.54) is 0 Å². The van der Waals surface area contributed by atoms with Crippen LogP contribution in [0, 0.1) is 0 Å². The topological polar surface area (TPSA) is 103 Å². The summed E-state index contributed by atoms with van der Waals surface area (Å²) in [4.78, 5) is 7.48. The lowest BCUT2D eigenvalue weighted by atomic mass is 10.3. The molecule has 0 bridgehead atoms. The molecule has 0 N–H and O–H groups in total. The predicted octanol–water partition coefficient (Wildman–Crippen LogP) is 1.11. The molecule has 0 aromatic carbocycles. The summed E-state index contributed by atoms with van der Waals surface area (Å²) in [7, 11) is 1.57. The van der Waals surface area contributed by atoms with E-state index in [-0.39, 0.29) is 19.5 Å². The highest BCUT2D eigenvalue weighted by Gasteiger charge is 2.38. The van der Waals surface area contributed by atoms with Crippen molar-refractivity contribution in [3.05, 3.63) is 11.8 Å². The summed E-state index contributed by atoms with van der Waals surface area (Å²) in [5.74, 6) is 0.976. The Bertz CT molecular complexity index is 614. The Morgan fingerprint density at radius 1 is 1.09 bits per heavy atom. The SMILES string of the molecule is CCc1nnc(N2OCN(c3nnc(COC)o3)C2CC)o1. The maximum atomic E-state index is 5.64. The number of aryl methyl sites for hydroxylation is 1. The summed E-state index contributed by atoms with van der Waals surface area (Å²) >= 11 is 0. The molecule has 0 aliphatic carbocycles. The number of hydroxylamine groups is 1. The zero-order valence-electron chi connectivity index (χ0n) is 12.7. The highest BCUT2D eigenvalue weighted by molar-refractivity contribution is 5.35. The van der Waals surface area contributed by atoms with Gasteiger partial charge in [-0.25, -0.2) is 4.84 Å². The molecule has 1 aliphatic heterocycles. The number of hydrogen-bond acceptors (Lipinski definition) is 10. The Kier molecular flexibility index (Phi) is 4.20. The summed E-state index contributed by atoms with van der Waals surface area (Å²) in [6.07, 6.45) is 1.25. The molecule has 0 amide bonds. The minimum Gasteiger partial charge on any atom is -0.406 e. The van der Waals surface area contributed by atoms with Crippen LogP contribution in [0.1, 0.15) is 32.0 Å². The number of anilines is 2. The number of ether oxygens (including phenoxy) is 1. The van der Waals surface area contributed by atoms with E-state index in [0.29, 0.717) is 30.2 Å². The number of aromatic nitrogens is 4. The molecule has 2 aromatic heterocycles. The number of nitrogens with zero attached hydrogens (tertiary/aromatic N) is 6. The normalized spacial score (nSPS) is 18.4. The Morgan fingerprint density at radius 3 is 2.50 bits per heavy atom. The number of rotatable bonds is 6. The zero-order valence-corrected chi connectivity index (χ0v) is 12.7. The van der Waals surface area contributed by atoms with Crippen LogP contribution in [0.15, 0.2) is 8.83 Å². The third kappa shape index (κ3) is 2.62. The monoisotopic (exact) mass is 310 g/mol. The summed E-state index contributed by atoms with van der Waals surface area (Å²) in [5.41, 5.74) is 0. The summed E-state index contributed by atoms with van der Waals surface area (Å²) in [6.45, 7) is 4.49. The van der Waals surface area contributed by atoms with E-state index in [9.17, 15) is 0 Å². The van der Waals surface area contributed by atoms with Crippen LogP contribution in [0.4, 0.5) is 12.0 Å². The molecule has 22 heavy (non-hydrogen) atoms. The van der Waals surface area contributed by atoms with Crippen LogP contribution in [-0.4, -0.2) is 40.4 Å². The van der Waals surface area contributed by atoms with Crippen LogP contribution in [0.5, 0.6) is 0 Å². The van der Waals surface area contributed by atoms with Crippen molar-refractivity contribution in [2.45, 2.75) is 39.5 Å². The van der Waals surface area contributed by atoms with Crippen LogP contribution in [0.3, 0.4) is 0 Å². The van der Waals surface area contributed by atoms with Gasteiger partial charge in [0, 0.05) is 13.5 Å². The number of methoxy groups -OCH3 is 1. The standard InChI is InChI=1S/C12H18N6O4/c1-4-8-13-16-12(21-8)18-10(5-2)17(7-20-18)11-15-14-9(22-11)6-19-3/h10H,4-7H2,1-3H3. The third-order valence-corrected chi connectivity index (χ3v) is 3.25. The van der Waals surface area contributed by atoms with Gasteiger partial charge in [-0.1, -0.05) is 24.0 Å². The average molecular weight is 310 g/mol. The van der Waals surface area contributed by atoms with Gasteiger partial charge in [-0.3, -0.25) is 4.90 Å². The fraction of sp³-hybridized carbons (Fsp3) is 0.667. The van der Waals surface area contributed by atoms with Gasteiger partial charge in [-0.15, -0.1) is 10.2 Å². The van der Waals surface area contributed by atoms with Gasteiger partial charge >= 0.3 is 12.0 Å². The van der Waals surface area contributed by atoms with E-state index in [4.69, 9.17) is 18.4 Å². The highest BCUT2D eigenvalue weighted by atomic mass is 16.7. The molecule has 1 fully saturated rings. The highest BCUT2D eigenvalue weighted by Crippen LogP contribution is 2.29. The van der Waals surface area contributed by atoms with E-state index in [1.807, 2.05) is 18.7 Å². The number of hydrogen-bond donors (Lipinski definition) is 0. The van der Waals surface area contributed by atoms with Crippen molar-refractivity contribution in [2.24, 2.45) is 0 Å². The van der Waals surface area contributed by atoms with Crippen LogP contribution >= 0.6 is 0 Å². The molecule has 0 saturated carbocycles. The second kappa shape index (κ2) is 6.28. The minimum absolute atomic E-state index is 0.166. The second-order valence-corrected chi connectivity index (χ2v) is 4.69. The third-order valence-electron chi connectivity index (χ3n) is 3.25. The summed E-state index contributed by atoms with van der Waals surface area (Å²) < 4.78 is 16.1. The van der Waals surface area contributed by atoms with Crippen molar-refractivity contribution in [1.82, 2.24) is 20.4 Å². The maximum absolute atomic E-state index is 5.64. The van der Waals surface area contributed by atoms with E-state index < -0.39 is 0 Å². The van der Waals surface area contributed by atoms with Gasteiger partial charge in [0.15, 0.2) is 6.73 Å². The predicted molar refractivity (Wildman–Crippen MR) is 73.7 cm³/mol. The molecule has 120 valence electrons. The molecule has 10 heteroatoms. The Labute approximate surface area is 127 Å². The van der Waals surface area contributed by atoms with Crippen LogP contribution in [0.25, 0.3) is 0 Å². The molecule has 2 aromatic rings. The molecule has 3 heterocycles. The lowest BCUT2D eigenvalue weighted by Gasteiger charge is -2.22. The first-order valence-corrected chi connectivity index (χ1v) is 7.09. The van der Waals surface area contributed by atoms with Crippen molar-refractivity contribution < 1.29 is 18.4 Å². The molecule has 0 radical (unpaired) electrons. The van der Waals surface area contributed by atoms with Gasteiger partial charge in [0.05, 0.1) is 0 Å². The van der Waals surface area contributed by atoms with E-state index in [0.717, 1.165) is 6.42 Å². The molecular weight excluding hydrogens is 292 g/mol. The van der Waals surface area contributed by atoms with Gasteiger partial charge in [-0.05, 0) is 6.42 Å². The molecule has 0 spiro atoms. The van der Waals surface area contributed by atoms with Crippen LogP contribution in [0.2, 0.25) is 0 Å². The van der Waals surface area contributed by atoms with E-state index >= 15 is 0 Å². The molecule has 10 nitrogen and oxygen atoms in total. The lowest BCUT2D eigenvalue weighted by Crippen LogP contribution is -2.38. The molecule has 1 atom stereocenters. The van der Waals surface area contributed by atoms with Crippen molar-refractivity contribution in [1.29, 1.82) is 0 Å². The maximum Gasteiger partial charge on any atom is 0.344 e. The fourth-order valence-corrected chi connectivity index (χ4v) is 2.19. The van der Waals surface area contributed by atoms with Gasteiger partial charge in [-0.2, -0.15) is 5.06 Å². The molecule has 1 aliphatic rings. The molecule has 1 saturated heterocycles. The smallest absolute Gasteiger partial charge is 0.344 e. The van der Waals surface area contributed by atoms with Gasteiger partial charge in [0.2, 0.25) is 11.8 Å².